The summed E-state index contributed by atoms with van der Waals surface area (Å²) in [5.41, 5.74) is 0.649. The van der Waals surface area contributed by atoms with E-state index in [-0.39, 0.29) is 10.6 Å². The first-order valence-corrected chi connectivity index (χ1v) is 5.42. The van der Waals surface area contributed by atoms with Crippen LogP contribution in [-0.2, 0) is 4.74 Å². The smallest absolute Gasteiger partial charge is 0.292 e. The fraction of sp³-hybridized carbons (Fsp3) is 0.455. The van der Waals surface area contributed by atoms with Crippen molar-refractivity contribution in [1.82, 2.24) is 5.32 Å². The fourth-order valence-electron chi connectivity index (χ4n) is 1.37. The third-order valence-electron chi connectivity index (χ3n) is 2.20. The molecule has 94 valence electrons. The van der Waals surface area contributed by atoms with Gasteiger partial charge in [0.2, 0.25) is 0 Å². The summed E-state index contributed by atoms with van der Waals surface area (Å²) in [7, 11) is 1.65. The van der Waals surface area contributed by atoms with Crippen molar-refractivity contribution in [3.8, 4) is 0 Å². The van der Waals surface area contributed by atoms with Crippen LogP contribution in [0, 0.1) is 10.1 Å². The van der Waals surface area contributed by atoms with Crippen molar-refractivity contribution >= 4 is 11.4 Å². The van der Waals surface area contributed by atoms with Gasteiger partial charge in [-0.1, -0.05) is 12.1 Å². The molecule has 6 heteroatoms. The Morgan fingerprint density at radius 2 is 2.06 bits per heavy atom. The van der Waals surface area contributed by atoms with Crippen molar-refractivity contribution in [2.75, 3.05) is 38.7 Å². The number of anilines is 1. The van der Waals surface area contributed by atoms with Crippen molar-refractivity contribution in [2.45, 2.75) is 0 Å². The number of para-hydroxylation sites is 2. The second-order valence-corrected chi connectivity index (χ2v) is 3.44. The monoisotopic (exact) mass is 239 g/mol. The highest BCUT2D eigenvalue weighted by atomic mass is 16.6. The SMILES string of the molecule is COCCNCCNc1ccccc1[N+](=O)[O-]. The van der Waals surface area contributed by atoms with E-state index < -0.39 is 0 Å². The van der Waals surface area contributed by atoms with Crippen LogP contribution in [0.15, 0.2) is 24.3 Å². The van der Waals surface area contributed by atoms with Crippen LogP contribution in [0.5, 0.6) is 0 Å². The molecule has 0 fully saturated rings. The number of nitro benzene ring substituents is 1. The molecule has 0 aliphatic heterocycles. The summed E-state index contributed by atoms with van der Waals surface area (Å²) in [5, 5.41) is 16.9. The topological polar surface area (TPSA) is 76.4 Å². The first-order valence-electron chi connectivity index (χ1n) is 5.42. The maximum Gasteiger partial charge on any atom is 0.292 e. The molecule has 0 saturated heterocycles. The van der Waals surface area contributed by atoms with E-state index in [0.717, 1.165) is 13.1 Å². The maximum atomic E-state index is 10.7. The van der Waals surface area contributed by atoms with E-state index in [0.29, 0.717) is 18.8 Å². The molecule has 0 aliphatic rings. The van der Waals surface area contributed by atoms with Gasteiger partial charge in [-0.05, 0) is 6.07 Å². The van der Waals surface area contributed by atoms with E-state index in [1.165, 1.54) is 6.07 Å². The molecule has 6 nitrogen and oxygen atoms in total. The number of hydrogen-bond donors (Lipinski definition) is 2. The van der Waals surface area contributed by atoms with Crippen molar-refractivity contribution in [1.29, 1.82) is 0 Å². The average Bonchev–Trinajstić information content (AvgIpc) is 2.34. The standard InChI is InChI=1S/C11H17N3O3/c1-17-9-8-12-6-7-13-10-4-2-3-5-11(10)14(15)16/h2-5,12-13H,6-9H2,1H3. The van der Waals surface area contributed by atoms with E-state index in [1.807, 2.05) is 0 Å². The van der Waals surface area contributed by atoms with Gasteiger partial charge in [0.05, 0.1) is 11.5 Å². The number of rotatable bonds is 8. The Labute approximate surface area is 100 Å². The number of ether oxygens (including phenoxy) is 1. The van der Waals surface area contributed by atoms with Gasteiger partial charge in [0.1, 0.15) is 5.69 Å². The number of nitrogens with zero attached hydrogens (tertiary/aromatic N) is 1. The lowest BCUT2D eigenvalue weighted by molar-refractivity contribution is -0.384. The van der Waals surface area contributed by atoms with Crippen molar-refractivity contribution in [2.24, 2.45) is 0 Å². The van der Waals surface area contributed by atoms with Gasteiger partial charge in [-0.15, -0.1) is 0 Å². The highest BCUT2D eigenvalue weighted by Gasteiger charge is 2.10. The molecule has 0 amide bonds. The van der Waals surface area contributed by atoms with Crippen molar-refractivity contribution < 1.29 is 9.66 Å². The van der Waals surface area contributed by atoms with Gasteiger partial charge >= 0.3 is 0 Å². The van der Waals surface area contributed by atoms with Crippen LogP contribution in [-0.4, -0.2) is 38.3 Å². The summed E-state index contributed by atoms with van der Waals surface area (Å²) in [6.45, 7) is 2.80. The molecule has 0 bridgehead atoms. The van der Waals surface area contributed by atoms with E-state index in [2.05, 4.69) is 10.6 Å². The average molecular weight is 239 g/mol. The van der Waals surface area contributed by atoms with Crippen LogP contribution in [0.1, 0.15) is 0 Å². The molecule has 0 aliphatic carbocycles. The predicted molar refractivity (Wildman–Crippen MR) is 66.3 cm³/mol. The molecule has 0 saturated carbocycles. The number of nitrogens with one attached hydrogen (secondary N) is 2. The minimum atomic E-state index is -0.388. The molecular formula is C11H17N3O3. The van der Waals surface area contributed by atoms with Gasteiger partial charge in [0.25, 0.3) is 5.69 Å². The molecule has 0 radical (unpaired) electrons. The second kappa shape index (κ2) is 7.59. The number of methoxy groups -OCH3 is 1. The van der Waals surface area contributed by atoms with Crippen LogP contribution < -0.4 is 10.6 Å². The summed E-state index contributed by atoms with van der Waals surface area (Å²) in [5.74, 6) is 0. The summed E-state index contributed by atoms with van der Waals surface area (Å²) in [4.78, 5) is 10.3. The minimum Gasteiger partial charge on any atom is -0.383 e. The number of hydrogen-bond acceptors (Lipinski definition) is 5. The Morgan fingerprint density at radius 1 is 1.29 bits per heavy atom. The third-order valence-corrected chi connectivity index (χ3v) is 2.20. The summed E-state index contributed by atoms with van der Waals surface area (Å²) in [6.07, 6.45) is 0. The van der Waals surface area contributed by atoms with Crippen molar-refractivity contribution in [3.63, 3.8) is 0 Å². The summed E-state index contributed by atoms with van der Waals surface area (Å²) in [6, 6.07) is 6.61. The Morgan fingerprint density at radius 3 is 2.76 bits per heavy atom. The highest BCUT2D eigenvalue weighted by Crippen LogP contribution is 2.22. The number of benzene rings is 1. The first-order chi connectivity index (χ1) is 8.25. The van der Waals surface area contributed by atoms with Crippen LogP contribution in [0.2, 0.25) is 0 Å². The molecule has 0 atom stereocenters. The lowest BCUT2D eigenvalue weighted by Gasteiger charge is -2.07. The van der Waals surface area contributed by atoms with Crippen LogP contribution >= 0.6 is 0 Å². The second-order valence-electron chi connectivity index (χ2n) is 3.44. The largest absolute Gasteiger partial charge is 0.383 e. The predicted octanol–water partition coefficient (Wildman–Crippen LogP) is 1.24. The zero-order chi connectivity index (χ0) is 12.5. The third kappa shape index (κ3) is 4.80. The lowest BCUT2D eigenvalue weighted by atomic mass is 10.2. The van der Waals surface area contributed by atoms with Gasteiger partial charge in [-0.25, -0.2) is 0 Å². The molecule has 0 heterocycles. The van der Waals surface area contributed by atoms with E-state index in [4.69, 9.17) is 4.74 Å². The zero-order valence-electron chi connectivity index (χ0n) is 9.81. The van der Waals surface area contributed by atoms with Crippen molar-refractivity contribution in [3.05, 3.63) is 34.4 Å². The van der Waals surface area contributed by atoms with Gasteiger partial charge < -0.3 is 15.4 Å². The Bertz CT molecular complexity index is 358. The molecule has 2 N–H and O–H groups in total. The molecule has 1 aromatic rings. The normalized spacial score (nSPS) is 10.2. The molecule has 0 unspecified atom stereocenters. The molecule has 0 spiro atoms. The Kier molecular flexibility index (Phi) is 5.98. The first kappa shape index (κ1) is 13.4. The van der Waals surface area contributed by atoms with E-state index in [1.54, 1.807) is 25.3 Å². The van der Waals surface area contributed by atoms with Gasteiger partial charge in [0.15, 0.2) is 0 Å². The van der Waals surface area contributed by atoms with Gasteiger partial charge in [0, 0.05) is 32.8 Å². The minimum absolute atomic E-state index is 0.101. The lowest BCUT2D eigenvalue weighted by Crippen LogP contribution is -2.25. The van der Waals surface area contributed by atoms with E-state index >= 15 is 0 Å². The van der Waals surface area contributed by atoms with Gasteiger partial charge in [-0.2, -0.15) is 0 Å². The van der Waals surface area contributed by atoms with Crippen LogP contribution in [0.25, 0.3) is 0 Å². The molecule has 1 aromatic carbocycles. The molecular weight excluding hydrogens is 222 g/mol. The van der Waals surface area contributed by atoms with Gasteiger partial charge in [-0.3, -0.25) is 10.1 Å². The van der Waals surface area contributed by atoms with Crippen LogP contribution in [0.4, 0.5) is 11.4 Å². The quantitative estimate of drug-likeness (QED) is 0.405. The van der Waals surface area contributed by atoms with Crippen LogP contribution in [0.3, 0.4) is 0 Å². The molecule has 17 heavy (non-hydrogen) atoms. The fourth-order valence-corrected chi connectivity index (χ4v) is 1.37. The molecule has 1 rings (SSSR count). The highest BCUT2D eigenvalue weighted by molar-refractivity contribution is 5.60. The Balaban J connectivity index is 2.34. The summed E-state index contributed by atoms with van der Waals surface area (Å²) >= 11 is 0. The Hall–Kier alpha value is -1.66. The number of nitro groups is 1. The maximum absolute atomic E-state index is 10.7. The molecule has 0 aromatic heterocycles. The zero-order valence-corrected chi connectivity index (χ0v) is 9.81. The summed E-state index contributed by atoms with van der Waals surface area (Å²) < 4.78 is 4.89. The van der Waals surface area contributed by atoms with E-state index in [9.17, 15) is 10.1 Å².